The van der Waals surface area contributed by atoms with Crippen LogP contribution in [0, 0.1) is 12.7 Å². The van der Waals surface area contributed by atoms with E-state index in [1.54, 1.807) is 49.4 Å². The minimum absolute atomic E-state index is 0.0134. The average molecular weight is 623 g/mol. The highest BCUT2D eigenvalue weighted by molar-refractivity contribution is 7.92. The van der Waals surface area contributed by atoms with Crippen molar-refractivity contribution in [2.45, 2.75) is 64.1 Å². The predicted octanol–water partition coefficient (Wildman–Crippen LogP) is 6.36. The molecule has 0 heterocycles. The molecule has 0 aliphatic rings. The molecular formula is C30H34Cl2FN3O4S. The van der Waals surface area contributed by atoms with Crippen molar-refractivity contribution in [3.8, 4) is 0 Å². The van der Waals surface area contributed by atoms with Gasteiger partial charge in [-0.25, -0.2) is 12.8 Å². The van der Waals surface area contributed by atoms with Crippen LogP contribution in [0.25, 0.3) is 0 Å². The molecule has 41 heavy (non-hydrogen) atoms. The number of rotatable bonds is 12. The van der Waals surface area contributed by atoms with Gasteiger partial charge in [-0.05, 0) is 80.8 Å². The number of hydrogen-bond donors (Lipinski definition) is 1. The van der Waals surface area contributed by atoms with Gasteiger partial charge in [0.05, 0.1) is 20.6 Å². The maximum Gasteiger partial charge on any atom is 0.264 e. The maximum atomic E-state index is 14.1. The number of aryl methyl sites for hydroxylation is 1. The summed E-state index contributed by atoms with van der Waals surface area (Å²) in [6.07, 6.45) is 0.977. The highest BCUT2D eigenvalue weighted by Gasteiger charge is 2.34. The summed E-state index contributed by atoms with van der Waals surface area (Å²) in [6, 6.07) is 14.9. The number of carbonyl (C=O) groups excluding carboxylic acids is 2. The molecule has 0 fully saturated rings. The minimum Gasteiger partial charge on any atom is -0.352 e. The molecule has 0 spiro atoms. The molecule has 0 saturated heterocycles. The Hall–Kier alpha value is -3.14. The van der Waals surface area contributed by atoms with Crippen LogP contribution >= 0.6 is 23.2 Å². The Morgan fingerprint density at radius 2 is 1.56 bits per heavy atom. The van der Waals surface area contributed by atoms with Crippen molar-refractivity contribution in [2.75, 3.05) is 10.8 Å². The Labute approximate surface area is 251 Å². The van der Waals surface area contributed by atoms with E-state index in [9.17, 15) is 22.4 Å². The Kier molecular flexibility index (Phi) is 11.2. The molecule has 3 aromatic carbocycles. The zero-order valence-corrected chi connectivity index (χ0v) is 25.7. The summed E-state index contributed by atoms with van der Waals surface area (Å²) >= 11 is 12.3. The number of halogens is 3. The van der Waals surface area contributed by atoms with Gasteiger partial charge in [-0.2, -0.15) is 0 Å². The van der Waals surface area contributed by atoms with E-state index in [1.807, 2.05) is 20.8 Å². The molecule has 3 rings (SSSR count). The van der Waals surface area contributed by atoms with Gasteiger partial charge in [0.25, 0.3) is 10.0 Å². The first-order valence-electron chi connectivity index (χ1n) is 13.3. The molecule has 0 unspecified atom stereocenters. The molecule has 3 aromatic rings. The summed E-state index contributed by atoms with van der Waals surface area (Å²) < 4.78 is 42.2. The number of carbonyl (C=O) groups is 2. The standard InChI is InChI=1S/C30H34Cl2FN3O4S/c1-5-21(4)34-30(38)28(6-2)35(18-22-9-16-26(31)27(32)17-22)29(37)19-36(24-12-7-20(3)8-13-24)41(39,40)25-14-10-23(33)11-15-25/h7-17,21,28H,5-6,18-19H2,1-4H3,(H,34,38)/t21-,28+/m1/s1. The molecule has 7 nitrogen and oxygen atoms in total. The summed E-state index contributed by atoms with van der Waals surface area (Å²) in [4.78, 5) is 28.6. The third-order valence-electron chi connectivity index (χ3n) is 6.73. The smallest absolute Gasteiger partial charge is 0.264 e. The van der Waals surface area contributed by atoms with Gasteiger partial charge in [-0.1, -0.05) is 60.8 Å². The van der Waals surface area contributed by atoms with Gasteiger partial charge in [-0.15, -0.1) is 0 Å². The van der Waals surface area contributed by atoms with Crippen molar-refractivity contribution in [2.24, 2.45) is 0 Å². The third-order valence-corrected chi connectivity index (χ3v) is 9.25. The Morgan fingerprint density at radius 1 is 0.927 bits per heavy atom. The molecule has 11 heteroatoms. The van der Waals surface area contributed by atoms with Crippen molar-refractivity contribution in [1.82, 2.24) is 10.2 Å². The summed E-state index contributed by atoms with van der Waals surface area (Å²) in [7, 11) is -4.29. The second-order valence-corrected chi connectivity index (χ2v) is 12.5. The third kappa shape index (κ3) is 8.21. The Morgan fingerprint density at radius 3 is 2.12 bits per heavy atom. The lowest BCUT2D eigenvalue weighted by atomic mass is 10.1. The number of amides is 2. The zero-order valence-electron chi connectivity index (χ0n) is 23.4. The van der Waals surface area contributed by atoms with Crippen molar-refractivity contribution in [3.05, 3.63) is 93.7 Å². The Bertz CT molecular complexity index is 1470. The monoisotopic (exact) mass is 621 g/mol. The fourth-order valence-corrected chi connectivity index (χ4v) is 5.90. The lowest BCUT2D eigenvalue weighted by Gasteiger charge is -2.33. The molecule has 0 saturated carbocycles. The molecule has 0 bridgehead atoms. The van der Waals surface area contributed by atoms with Gasteiger partial charge in [-0.3, -0.25) is 13.9 Å². The molecule has 220 valence electrons. The van der Waals surface area contributed by atoms with Crippen LogP contribution in [0.15, 0.2) is 71.6 Å². The van der Waals surface area contributed by atoms with Gasteiger partial charge >= 0.3 is 0 Å². The van der Waals surface area contributed by atoms with Gasteiger partial charge in [0.15, 0.2) is 0 Å². The SMILES string of the molecule is CC[C@@H](C)NC(=O)[C@H](CC)N(Cc1ccc(Cl)c(Cl)c1)C(=O)CN(c1ccc(C)cc1)S(=O)(=O)c1ccc(F)cc1. The lowest BCUT2D eigenvalue weighted by Crippen LogP contribution is -2.53. The van der Waals surface area contributed by atoms with Crippen LogP contribution in [0.1, 0.15) is 44.7 Å². The fourth-order valence-electron chi connectivity index (χ4n) is 4.17. The highest BCUT2D eigenvalue weighted by atomic mass is 35.5. The van der Waals surface area contributed by atoms with E-state index >= 15 is 0 Å². The molecule has 2 amide bonds. The van der Waals surface area contributed by atoms with Crippen molar-refractivity contribution in [3.63, 3.8) is 0 Å². The van der Waals surface area contributed by atoms with E-state index < -0.39 is 34.3 Å². The van der Waals surface area contributed by atoms with Crippen molar-refractivity contribution >= 4 is 50.7 Å². The molecule has 0 aliphatic carbocycles. The van der Waals surface area contributed by atoms with E-state index in [-0.39, 0.29) is 40.5 Å². The highest BCUT2D eigenvalue weighted by Crippen LogP contribution is 2.27. The first-order chi connectivity index (χ1) is 19.4. The van der Waals surface area contributed by atoms with Crippen molar-refractivity contribution in [1.29, 1.82) is 0 Å². The largest absolute Gasteiger partial charge is 0.352 e. The van der Waals surface area contributed by atoms with Gasteiger partial charge < -0.3 is 10.2 Å². The van der Waals surface area contributed by atoms with Crippen molar-refractivity contribution < 1.29 is 22.4 Å². The van der Waals surface area contributed by atoms with Crippen LogP contribution in [-0.2, 0) is 26.2 Å². The zero-order chi connectivity index (χ0) is 30.3. The van der Waals surface area contributed by atoms with Crippen LogP contribution < -0.4 is 9.62 Å². The summed E-state index contributed by atoms with van der Waals surface area (Å²) in [5.41, 5.74) is 1.76. The van der Waals surface area contributed by atoms with Crippen LogP contribution in [0.2, 0.25) is 10.0 Å². The number of nitrogens with zero attached hydrogens (tertiary/aromatic N) is 2. The average Bonchev–Trinajstić information content (AvgIpc) is 2.94. The second kappa shape index (κ2) is 14.2. The summed E-state index contributed by atoms with van der Waals surface area (Å²) in [5.74, 6) is -1.54. The topological polar surface area (TPSA) is 86.8 Å². The normalized spacial score (nSPS) is 12.9. The molecule has 2 atom stereocenters. The molecule has 0 radical (unpaired) electrons. The van der Waals surface area contributed by atoms with Gasteiger partial charge in [0, 0.05) is 12.6 Å². The predicted molar refractivity (Wildman–Crippen MR) is 161 cm³/mol. The molecular weight excluding hydrogens is 588 g/mol. The second-order valence-electron chi connectivity index (χ2n) is 9.81. The Balaban J connectivity index is 2.07. The number of anilines is 1. The van der Waals surface area contributed by atoms with Crippen LogP contribution in [0.4, 0.5) is 10.1 Å². The summed E-state index contributed by atoms with van der Waals surface area (Å²) in [5, 5.41) is 3.55. The fraction of sp³-hybridized carbons (Fsp3) is 0.333. The van der Waals surface area contributed by atoms with Gasteiger partial charge in [0.1, 0.15) is 18.4 Å². The van der Waals surface area contributed by atoms with Crippen LogP contribution in [-0.4, -0.2) is 43.8 Å². The molecule has 1 N–H and O–H groups in total. The molecule has 0 aliphatic heterocycles. The van der Waals surface area contributed by atoms with Gasteiger partial charge in [0.2, 0.25) is 11.8 Å². The van der Waals surface area contributed by atoms with Crippen LogP contribution in [0.3, 0.4) is 0 Å². The lowest BCUT2D eigenvalue weighted by molar-refractivity contribution is -0.140. The minimum atomic E-state index is -4.29. The van der Waals surface area contributed by atoms with E-state index in [0.29, 0.717) is 17.0 Å². The number of sulfonamides is 1. The number of benzene rings is 3. The quantitative estimate of drug-likeness (QED) is 0.255. The molecule has 0 aromatic heterocycles. The van der Waals surface area contributed by atoms with E-state index in [2.05, 4.69) is 5.32 Å². The summed E-state index contributed by atoms with van der Waals surface area (Å²) in [6.45, 7) is 6.82. The van der Waals surface area contributed by atoms with E-state index in [0.717, 1.165) is 34.1 Å². The van der Waals surface area contributed by atoms with E-state index in [4.69, 9.17) is 23.2 Å². The first-order valence-corrected chi connectivity index (χ1v) is 15.5. The maximum absolute atomic E-state index is 14.1. The number of nitrogens with one attached hydrogen (secondary N) is 1. The van der Waals surface area contributed by atoms with E-state index in [1.165, 1.54) is 4.90 Å². The number of hydrogen-bond acceptors (Lipinski definition) is 4. The van der Waals surface area contributed by atoms with Crippen LogP contribution in [0.5, 0.6) is 0 Å². The first kappa shape index (κ1) is 32.4.